The number of rotatable bonds is 7. The molecule has 1 aromatic heterocycles. The molecule has 1 unspecified atom stereocenters. The SMILES string of the molecule is O=C1CCC(N2Cc3ccc(CNCCCc4ccc5c(n4)NCCC5)cc3C2=O)C(=O)N1. The Morgan fingerprint density at radius 1 is 1.09 bits per heavy atom. The van der Waals surface area contributed by atoms with Gasteiger partial charge in [-0.3, -0.25) is 19.7 Å². The van der Waals surface area contributed by atoms with E-state index < -0.39 is 6.04 Å². The van der Waals surface area contributed by atoms with Crippen LogP contribution < -0.4 is 16.0 Å². The summed E-state index contributed by atoms with van der Waals surface area (Å²) in [6.07, 6.45) is 4.83. The number of anilines is 1. The van der Waals surface area contributed by atoms with Gasteiger partial charge in [0.1, 0.15) is 11.9 Å². The molecule has 3 amide bonds. The van der Waals surface area contributed by atoms with Gasteiger partial charge in [0, 0.05) is 37.3 Å². The van der Waals surface area contributed by atoms with Crippen molar-refractivity contribution in [2.24, 2.45) is 0 Å². The molecule has 3 aliphatic rings. The highest BCUT2D eigenvalue weighted by Gasteiger charge is 2.39. The summed E-state index contributed by atoms with van der Waals surface area (Å²) in [5.74, 6) is 0.264. The molecule has 8 nitrogen and oxygen atoms in total. The van der Waals surface area contributed by atoms with Gasteiger partial charge in [-0.25, -0.2) is 4.98 Å². The van der Waals surface area contributed by atoms with Crippen LogP contribution in [0.3, 0.4) is 0 Å². The van der Waals surface area contributed by atoms with Crippen molar-refractivity contribution in [1.29, 1.82) is 0 Å². The Kier molecular flexibility index (Phi) is 6.09. The first-order valence-corrected chi connectivity index (χ1v) is 11.8. The largest absolute Gasteiger partial charge is 0.370 e. The first-order valence-electron chi connectivity index (χ1n) is 11.8. The number of piperidine rings is 1. The number of carbonyl (C=O) groups is 3. The molecule has 0 saturated carbocycles. The van der Waals surface area contributed by atoms with Crippen LogP contribution in [0.1, 0.15) is 58.4 Å². The molecule has 2 aromatic rings. The van der Waals surface area contributed by atoms with E-state index in [1.54, 1.807) is 4.90 Å². The molecule has 0 bridgehead atoms. The summed E-state index contributed by atoms with van der Waals surface area (Å²) in [6, 6.07) is 9.68. The van der Waals surface area contributed by atoms with Crippen LogP contribution >= 0.6 is 0 Å². The molecular formula is C25H29N5O3. The normalized spacial score (nSPS) is 19.7. The predicted molar refractivity (Wildman–Crippen MR) is 124 cm³/mol. The summed E-state index contributed by atoms with van der Waals surface area (Å²) in [6.45, 7) is 2.95. The van der Waals surface area contributed by atoms with Crippen LogP contribution in [-0.2, 0) is 35.5 Å². The topological polar surface area (TPSA) is 103 Å². The minimum absolute atomic E-state index is 0.131. The maximum atomic E-state index is 12.9. The molecule has 1 aromatic carbocycles. The van der Waals surface area contributed by atoms with E-state index in [4.69, 9.17) is 4.98 Å². The van der Waals surface area contributed by atoms with Crippen LogP contribution in [0, 0.1) is 0 Å². The number of imide groups is 1. The van der Waals surface area contributed by atoms with E-state index in [-0.39, 0.29) is 24.1 Å². The van der Waals surface area contributed by atoms with Gasteiger partial charge >= 0.3 is 0 Å². The van der Waals surface area contributed by atoms with E-state index in [0.717, 1.165) is 55.0 Å². The number of hydrogen-bond acceptors (Lipinski definition) is 6. The first-order chi connectivity index (χ1) is 16.1. The van der Waals surface area contributed by atoms with Crippen LogP contribution in [0.2, 0.25) is 0 Å². The zero-order chi connectivity index (χ0) is 22.8. The number of benzene rings is 1. The monoisotopic (exact) mass is 447 g/mol. The number of fused-ring (bicyclic) bond motifs is 2. The average molecular weight is 448 g/mol. The van der Waals surface area contributed by atoms with Gasteiger partial charge in [0.15, 0.2) is 0 Å². The van der Waals surface area contributed by atoms with Crippen molar-refractivity contribution in [2.75, 3.05) is 18.4 Å². The molecule has 8 heteroatoms. The zero-order valence-corrected chi connectivity index (χ0v) is 18.7. The fraction of sp³-hybridized carbons (Fsp3) is 0.440. The lowest BCUT2D eigenvalue weighted by molar-refractivity contribution is -0.136. The van der Waals surface area contributed by atoms with Crippen molar-refractivity contribution >= 4 is 23.5 Å². The fourth-order valence-corrected chi connectivity index (χ4v) is 4.85. The third-order valence-corrected chi connectivity index (χ3v) is 6.66. The van der Waals surface area contributed by atoms with E-state index in [2.05, 4.69) is 28.1 Å². The molecule has 1 saturated heterocycles. The molecule has 4 heterocycles. The molecule has 0 radical (unpaired) electrons. The second-order valence-corrected chi connectivity index (χ2v) is 9.01. The highest BCUT2D eigenvalue weighted by Crippen LogP contribution is 2.28. The van der Waals surface area contributed by atoms with E-state index in [1.807, 2.05) is 18.2 Å². The van der Waals surface area contributed by atoms with Crippen LogP contribution in [0.5, 0.6) is 0 Å². The van der Waals surface area contributed by atoms with Crippen molar-refractivity contribution in [2.45, 2.75) is 57.7 Å². The lowest BCUT2D eigenvalue weighted by Crippen LogP contribution is -2.52. The Labute approximate surface area is 193 Å². The minimum atomic E-state index is -0.573. The smallest absolute Gasteiger partial charge is 0.255 e. The molecule has 0 spiro atoms. The highest BCUT2D eigenvalue weighted by atomic mass is 16.2. The summed E-state index contributed by atoms with van der Waals surface area (Å²) in [5.41, 5.74) is 5.06. The van der Waals surface area contributed by atoms with Gasteiger partial charge < -0.3 is 15.5 Å². The lowest BCUT2D eigenvalue weighted by Gasteiger charge is -2.29. The number of aryl methyl sites for hydroxylation is 2. The summed E-state index contributed by atoms with van der Waals surface area (Å²) in [4.78, 5) is 42.9. The maximum Gasteiger partial charge on any atom is 0.255 e. The first kappa shape index (κ1) is 21.6. The lowest BCUT2D eigenvalue weighted by atomic mass is 10.0. The molecular weight excluding hydrogens is 418 g/mol. The average Bonchev–Trinajstić information content (AvgIpc) is 3.14. The number of nitrogens with zero attached hydrogens (tertiary/aromatic N) is 2. The van der Waals surface area contributed by atoms with Gasteiger partial charge in [-0.05, 0) is 67.5 Å². The highest BCUT2D eigenvalue weighted by molar-refractivity contribution is 6.05. The molecule has 3 N–H and O–H groups in total. The van der Waals surface area contributed by atoms with Crippen molar-refractivity contribution < 1.29 is 14.4 Å². The van der Waals surface area contributed by atoms with Crippen molar-refractivity contribution in [3.05, 3.63) is 58.3 Å². The Bertz CT molecular complexity index is 1100. The molecule has 33 heavy (non-hydrogen) atoms. The number of hydrogen-bond donors (Lipinski definition) is 3. The minimum Gasteiger partial charge on any atom is -0.370 e. The Balaban J connectivity index is 1.12. The van der Waals surface area contributed by atoms with E-state index >= 15 is 0 Å². The molecule has 0 aliphatic carbocycles. The van der Waals surface area contributed by atoms with Gasteiger partial charge in [-0.15, -0.1) is 0 Å². The van der Waals surface area contributed by atoms with Gasteiger partial charge in [-0.1, -0.05) is 18.2 Å². The summed E-state index contributed by atoms with van der Waals surface area (Å²) in [5, 5.41) is 9.18. The third-order valence-electron chi connectivity index (χ3n) is 6.66. The van der Waals surface area contributed by atoms with E-state index in [9.17, 15) is 14.4 Å². The van der Waals surface area contributed by atoms with Crippen LogP contribution in [0.25, 0.3) is 0 Å². The molecule has 1 fully saturated rings. The van der Waals surface area contributed by atoms with Crippen LogP contribution in [0.4, 0.5) is 5.82 Å². The van der Waals surface area contributed by atoms with Crippen molar-refractivity contribution in [1.82, 2.24) is 20.5 Å². The van der Waals surface area contributed by atoms with E-state index in [0.29, 0.717) is 25.1 Å². The van der Waals surface area contributed by atoms with Gasteiger partial charge in [0.25, 0.3) is 5.91 Å². The summed E-state index contributed by atoms with van der Waals surface area (Å²) >= 11 is 0. The number of nitrogens with one attached hydrogen (secondary N) is 3. The molecule has 1 atom stereocenters. The molecule has 5 rings (SSSR count). The van der Waals surface area contributed by atoms with Crippen molar-refractivity contribution in [3.63, 3.8) is 0 Å². The fourth-order valence-electron chi connectivity index (χ4n) is 4.85. The Morgan fingerprint density at radius 2 is 1.97 bits per heavy atom. The van der Waals surface area contributed by atoms with Gasteiger partial charge in [0.2, 0.25) is 11.8 Å². The van der Waals surface area contributed by atoms with E-state index in [1.165, 1.54) is 12.0 Å². The second kappa shape index (κ2) is 9.31. The number of amides is 3. The quantitative estimate of drug-likeness (QED) is 0.443. The number of pyridine rings is 1. The molecule has 3 aliphatic heterocycles. The predicted octanol–water partition coefficient (Wildman–Crippen LogP) is 1.92. The maximum absolute atomic E-state index is 12.9. The van der Waals surface area contributed by atoms with Gasteiger partial charge in [0.05, 0.1) is 0 Å². The second-order valence-electron chi connectivity index (χ2n) is 9.01. The number of aromatic nitrogens is 1. The standard InChI is InChI=1S/C25H29N5O3/c31-22-10-9-21(24(32)29-22)30-15-18-6-5-16(13-20(18)25(30)33)14-26-11-2-4-19-8-7-17-3-1-12-27-23(17)28-19/h5-8,13,21,26H,1-4,9-12,14-15H2,(H,27,28)(H,29,31,32). The van der Waals surface area contributed by atoms with Gasteiger partial charge in [-0.2, -0.15) is 0 Å². The summed E-state index contributed by atoms with van der Waals surface area (Å²) < 4.78 is 0. The molecule has 172 valence electrons. The van der Waals surface area contributed by atoms with Crippen LogP contribution in [0.15, 0.2) is 30.3 Å². The number of carbonyl (C=O) groups excluding carboxylic acids is 3. The zero-order valence-electron chi connectivity index (χ0n) is 18.7. The van der Waals surface area contributed by atoms with Crippen LogP contribution in [-0.4, -0.2) is 46.7 Å². The Hall–Kier alpha value is -3.26. The Morgan fingerprint density at radius 3 is 2.85 bits per heavy atom. The third kappa shape index (κ3) is 4.61. The van der Waals surface area contributed by atoms with Crippen molar-refractivity contribution in [3.8, 4) is 0 Å². The summed E-state index contributed by atoms with van der Waals surface area (Å²) in [7, 11) is 0.